The molecule has 7 heteroatoms. The van der Waals surface area contributed by atoms with Crippen molar-refractivity contribution in [2.45, 2.75) is 32.8 Å². The van der Waals surface area contributed by atoms with Crippen LogP contribution in [0.5, 0.6) is 34.5 Å². The van der Waals surface area contributed by atoms with Crippen molar-refractivity contribution in [1.29, 1.82) is 0 Å². The van der Waals surface area contributed by atoms with Gasteiger partial charge in [0.2, 0.25) is 5.75 Å². The van der Waals surface area contributed by atoms with Crippen molar-refractivity contribution < 1.29 is 33.6 Å². The summed E-state index contributed by atoms with van der Waals surface area (Å²) in [5.74, 6) is 1.84. The molecule has 166 valence electrons. The van der Waals surface area contributed by atoms with Gasteiger partial charge >= 0.3 is 0 Å². The van der Waals surface area contributed by atoms with E-state index >= 15 is 0 Å². The molecular formula is C24H28O7. The maximum absolute atomic E-state index is 13.0. The average Bonchev–Trinajstić information content (AvgIpc) is 2.76. The second-order valence-corrected chi connectivity index (χ2v) is 7.46. The zero-order chi connectivity index (χ0) is 22.7. The van der Waals surface area contributed by atoms with Crippen molar-refractivity contribution in [1.82, 2.24) is 0 Å². The fourth-order valence-electron chi connectivity index (χ4n) is 3.65. The number of carbonyl (C=O) groups is 1. The molecule has 0 amide bonds. The molecule has 0 bridgehead atoms. The van der Waals surface area contributed by atoms with Crippen LogP contribution in [0.15, 0.2) is 29.8 Å². The Morgan fingerprint density at radius 1 is 1.03 bits per heavy atom. The standard InChI is InChI=1S/C24H28O7/c1-13(2)7-8-15-18(27-3)12-19-22(23(15)26)16(25)11-17(31-19)14-9-20(28-4)24(30-6)21(10-14)29-5/h7,9-10,12,17,26H,8,11H2,1-6H3. The van der Waals surface area contributed by atoms with Gasteiger partial charge in [-0.15, -0.1) is 0 Å². The van der Waals surface area contributed by atoms with E-state index in [0.29, 0.717) is 40.5 Å². The van der Waals surface area contributed by atoms with Crippen LogP contribution < -0.4 is 23.7 Å². The SMILES string of the molecule is COc1cc2c(c(O)c1CC=C(C)C)C(=O)CC(c1cc(OC)c(OC)c(OC)c1)O2. The van der Waals surface area contributed by atoms with Gasteiger partial charge in [0.15, 0.2) is 17.3 Å². The number of phenolic OH excluding ortho intramolecular Hbond substituents is 1. The highest BCUT2D eigenvalue weighted by Crippen LogP contribution is 2.47. The Kier molecular flexibility index (Phi) is 6.63. The Hall–Kier alpha value is -3.35. The number of allylic oxidation sites excluding steroid dienone is 2. The molecule has 1 N–H and O–H groups in total. The summed E-state index contributed by atoms with van der Waals surface area (Å²) in [6, 6.07) is 5.17. The predicted octanol–water partition coefficient (Wildman–Crippen LogP) is 4.64. The molecular weight excluding hydrogens is 400 g/mol. The summed E-state index contributed by atoms with van der Waals surface area (Å²) >= 11 is 0. The number of Topliss-reactive ketones (excluding diaryl/α,β-unsaturated/α-hetero) is 1. The zero-order valence-electron chi connectivity index (χ0n) is 18.7. The molecule has 1 unspecified atom stereocenters. The summed E-state index contributed by atoms with van der Waals surface area (Å²) in [5.41, 5.74) is 2.54. The summed E-state index contributed by atoms with van der Waals surface area (Å²) in [6.07, 6.45) is 1.90. The van der Waals surface area contributed by atoms with Crippen LogP contribution in [-0.2, 0) is 6.42 Å². The maximum atomic E-state index is 13.0. The summed E-state index contributed by atoms with van der Waals surface area (Å²) in [7, 11) is 6.10. The maximum Gasteiger partial charge on any atom is 0.203 e. The van der Waals surface area contributed by atoms with E-state index in [2.05, 4.69) is 0 Å². The number of phenols is 1. The number of aromatic hydroxyl groups is 1. The van der Waals surface area contributed by atoms with Crippen molar-refractivity contribution in [2.75, 3.05) is 28.4 Å². The van der Waals surface area contributed by atoms with Crippen molar-refractivity contribution in [2.24, 2.45) is 0 Å². The Morgan fingerprint density at radius 3 is 2.16 bits per heavy atom. The van der Waals surface area contributed by atoms with E-state index in [1.165, 1.54) is 28.4 Å². The molecule has 2 aromatic rings. The highest BCUT2D eigenvalue weighted by Gasteiger charge is 2.33. The molecule has 0 radical (unpaired) electrons. The fourth-order valence-corrected chi connectivity index (χ4v) is 3.65. The molecule has 3 rings (SSSR count). The Balaban J connectivity index is 2.05. The minimum Gasteiger partial charge on any atom is -0.507 e. The van der Waals surface area contributed by atoms with Gasteiger partial charge in [0, 0.05) is 17.2 Å². The van der Waals surface area contributed by atoms with Gasteiger partial charge in [0.05, 0.1) is 34.9 Å². The Bertz CT molecular complexity index is 994. The first-order chi connectivity index (χ1) is 14.8. The zero-order valence-corrected chi connectivity index (χ0v) is 18.7. The van der Waals surface area contributed by atoms with Gasteiger partial charge in [0.1, 0.15) is 28.9 Å². The van der Waals surface area contributed by atoms with Crippen LogP contribution >= 0.6 is 0 Å². The molecule has 1 aliphatic heterocycles. The summed E-state index contributed by atoms with van der Waals surface area (Å²) in [6.45, 7) is 3.94. The third-order valence-electron chi connectivity index (χ3n) is 5.24. The van der Waals surface area contributed by atoms with E-state index in [1.807, 2.05) is 19.9 Å². The van der Waals surface area contributed by atoms with Crippen molar-refractivity contribution >= 4 is 5.78 Å². The van der Waals surface area contributed by atoms with E-state index in [1.54, 1.807) is 18.2 Å². The average molecular weight is 428 g/mol. The van der Waals surface area contributed by atoms with Crippen LogP contribution in [0, 0.1) is 0 Å². The fraction of sp³-hybridized carbons (Fsp3) is 0.375. The smallest absolute Gasteiger partial charge is 0.203 e. The highest BCUT2D eigenvalue weighted by atomic mass is 16.5. The normalized spacial score (nSPS) is 14.9. The molecule has 1 heterocycles. The number of benzene rings is 2. The monoisotopic (exact) mass is 428 g/mol. The first-order valence-electron chi connectivity index (χ1n) is 9.90. The number of ether oxygens (including phenoxy) is 5. The van der Waals surface area contributed by atoms with Crippen LogP contribution in [0.1, 0.15) is 47.9 Å². The molecule has 7 nitrogen and oxygen atoms in total. The van der Waals surface area contributed by atoms with Gasteiger partial charge in [-0.2, -0.15) is 0 Å². The van der Waals surface area contributed by atoms with E-state index in [4.69, 9.17) is 23.7 Å². The molecule has 0 aromatic heterocycles. The Labute approximate surface area is 182 Å². The molecule has 0 spiro atoms. The van der Waals surface area contributed by atoms with Crippen LogP contribution in [0.2, 0.25) is 0 Å². The molecule has 0 aliphatic carbocycles. The van der Waals surface area contributed by atoms with Crippen LogP contribution in [0.4, 0.5) is 0 Å². The van der Waals surface area contributed by atoms with Gasteiger partial charge in [-0.1, -0.05) is 11.6 Å². The molecule has 1 aliphatic rings. The Morgan fingerprint density at radius 2 is 1.65 bits per heavy atom. The van der Waals surface area contributed by atoms with Crippen molar-refractivity contribution in [3.8, 4) is 34.5 Å². The van der Waals surface area contributed by atoms with Gasteiger partial charge in [0.25, 0.3) is 0 Å². The quantitative estimate of drug-likeness (QED) is 0.643. The van der Waals surface area contributed by atoms with Gasteiger partial charge in [-0.25, -0.2) is 0 Å². The van der Waals surface area contributed by atoms with Crippen LogP contribution in [0.25, 0.3) is 0 Å². The molecule has 0 saturated heterocycles. The lowest BCUT2D eigenvalue weighted by atomic mass is 9.92. The number of hydrogen-bond acceptors (Lipinski definition) is 7. The number of methoxy groups -OCH3 is 4. The van der Waals surface area contributed by atoms with Gasteiger partial charge in [-0.3, -0.25) is 4.79 Å². The van der Waals surface area contributed by atoms with Gasteiger partial charge < -0.3 is 28.8 Å². The van der Waals surface area contributed by atoms with Crippen LogP contribution in [0.3, 0.4) is 0 Å². The summed E-state index contributed by atoms with van der Waals surface area (Å²) in [5, 5.41) is 10.9. The number of hydrogen-bond donors (Lipinski definition) is 1. The van der Waals surface area contributed by atoms with Crippen molar-refractivity contribution in [3.05, 3.63) is 46.5 Å². The van der Waals surface area contributed by atoms with E-state index in [-0.39, 0.29) is 29.3 Å². The third kappa shape index (κ3) is 4.26. The number of carbonyl (C=O) groups excluding carboxylic acids is 1. The first-order valence-corrected chi connectivity index (χ1v) is 9.90. The minimum absolute atomic E-state index is 0.0631. The molecule has 31 heavy (non-hydrogen) atoms. The minimum atomic E-state index is -0.582. The number of fused-ring (bicyclic) bond motifs is 1. The predicted molar refractivity (Wildman–Crippen MR) is 116 cm³/mol. The first kappa shape index (κ1) is 22.3. The number of ketones is 1. The topological polar surface area (TPSA) is 83.5 Å². The molecule has 1 atom stereocenters. The van der Waals surface area contributed by atoms with E-state index in [9.17, 15) is 9.90 Å². The van der Waals surface area contributed by atoms with Crippen LogP contribution in [-0.4, -0.2) is 39.3 Å². The third-order valence-corrected chi connectivity index (χ3v) is 5.24. The second kappa shape index (κ2) is 9.20. The van der Waals surface area contributed by atoms with E-state index in [0.717, 1.165) is 5.57 Å². The molecule has 0 fully saturated rings. The molecule has 0 saturated carbocycles. The number of rotatable bonds is 7. The lowest BCUT2D eigenvalue weighted by Crippen LogP contribution is -2.21. The van der Waals surface area contributed by atoms with E-state index < -0.39 is 6.10 Å². The second-order valence-electron chi connectivity index (χ2n) is 7.46. The largest absolute Gasteiger partial charge is 0.507 e. The lowest BCUT2D eigenvalue weighted by Gasteiger charge is -2.28. The lowest BCUT2D eigenvalue weighted by molar-refractivity contribution is 0.0843. The highest BCUT2D eigenvalue weighted by molar-refractivity contribution is 6.03. The summed E-state index contributed by atoms with van der Waals surface area (Å²) in [4.78, 5) is 13.0. The van der Waals surface area contributed by atoms with Gasteiger partial charge in [-0.05, 0) is 32.4 Å². The summed E-state index contributed by atoms with van der Waals surface area (Å²) < 4.78 is 27.8. The van der Waals surface area contributed by atoms with Crippen molar-refractivity contribution in [3.63, 3.8) is 0 Å². The molecule has 2 aromatic carbocycles.